The minimum absolute atomic E-state index is 0.0137. The lowest BCUT2D eigenvalue weighted by molar-refractivity contribution is -0.0510. The monoisotopic (exact) mass is 380 g/mol. The summed E-state index contributed by atoms with van der Waals surface area (Å²) in [6, 6.07) is 7.00. The fourth-order valence-corrected chi connectivity index (χ4v) is 2.01. The minimum atomic E-state index is -2.98. The molecule has 0 amide bonds. The third-order valence-corrected chi connectivity index (χ3v) is 3.03. The number of rotatable bonds is 5. The molecular formula is C13H8BrClF2O4. The summed E-state index contributed by atoms with van der Waals surface area (Å²) < 4.78 is 39.3. The summed E-state index contributed by atoms with van der Waals surface area (Å²) in [5, 5.41) is 0.309. The third kappa shape index (κ3) is 4.44. The zero-order chi connectivity index (χ0) is 15.4. The van der Waals surface area contributed by atoms with Crippen LogP contribution in [0.1, 0.15) is 16.1 Å². The highest BCUT2D eigenvalue weighted by Crippen LogP contribution is 2.25. The van der Waals surface area contributed by atoms with Gasteiger partial charge in [-0.25, -0.2) is 4.79 Å². The SMILES string of the molecule is O=C(OCc1cc(Cl)ccc1OC(F)F)c1ccc(Br)o1. The Kier molecular flexibility index (Phi) is 5.19. The normalized spacial score (nSPS) is 10.7. The second-order valence-electron chi connectivity index (χ2n) is 3.81. The van der Waals surface area contributed by atoms with Gasteiger partial charge in [-0.15, -0.1) is 0 Å². The van der Waals surface area contributed by atoms with E-state index in [1.54, 1.807) is 0 Å². The van der Waals surface area contributed by atoms with Crippen molar-refractivity contribution >= 4 is 33.5 Å². The molecule has 1 heterocycles. The van der Waals surface area contributed by atoms with Crippen LogP contribution in [0.2, 0.25) is 5.02 Å². The topological polar surface area (TPSA) is 48.7 Å². The first-order chi connectivity index (χ1) is 9.95. The van der Waals surface area contributed by atoms with Crippen LogP contribution < -0.4 is 4.74 Å². The van der Waals surface area contributed by atoms with Gasteiger partial charge in [0, 0.05) is 10.6 Å². The van der Waals surface area contributed by atoms with Crippen molar-refractivity contribution in [2.24, 2.45) is 0 Å². The Bertz CT molecular complexity index is 645. The predicted molar refractivity (Wildman–Crippen MR) is 73.6 cm³/mol. The summed E-state index contributed by atoms with van der Waals surface area (Å²) in [4.78, 5) is 11.7. The summed E-state index contributed by atoms with van der Waals surface area (Å²) >= 11 is 8.83. The minimum Gasteiger partial charge on any atom is -0.455 e. The first kappa shape index (κ1) is 15.8. The van der Waals surface area contributed by atoms with Crippen molar-refractivity contribution in [1.82, 2.24) is 0 Å². The Morgan fingerprint density at radius 2 is 2.10 bits per heavy atom. The van der Waals surface area contributed by atoms with Gasteiger partial charge in [0.05, 0.1) is 0 Å². The van der Waals surface area contributed by atoms with E-state index in [9.17, 15) is 13.6 Å². The van der Waals surface area contributed by atoms with Crippen LogP contribution >= 0.6 is 27.5 Å². The molecule has 0 spiro atoms. The largest absolute Gasteiger partial charge is 0.455 e. The Hall–Kier alpha value is -1.60. The Morgan fingerprint density at radius 1 is 1.33 bits per heavy atom. The van der Waals surface area contributed by atoms with Gasteiger partial charge in [-0.2, -0.15) is 8.78 Å². The van der Waals surface area contributed by atoms with Gasteiger partial charge in [0.25, 0.3) is 0 Å². The van der Waals surface area contributed by atoms with E-state index in [4.69, 9.17) is 20.8 Å². The van der Waals surface area contributed by atoms with Crippen LogP contribution in [0.25, 0.3) is 0 Å². The standard InChI is InChI=1S/C13H8BrClF2O4/c14-11-4-3-10(20-11)12(18)19-6-7-5-8(15)1-2-9(7)21-13(16)17/h1-5,13H,6H2. The summed E-state index contributed by atoms with van der Waals surface area (Å²) in [5.74, 6) is -0.855. The molecule has 8 heteroatoms. The average Bonchev–Trinajstić information content (AvgIpc) is 2.85. The average molecular weight is 382 g/mol. The number of benzene rings is 1. The zero-order valence-corrected chi connectivity index (χ0v) is 12.7. The second kappa shape index (κ2) is 6.91. The fourth-order valence-electron chi connectivity index (χ4n) is 1.51. The van der Waals surface area contributed by atoms with E-state index >= 15 is 0 Å². The lowest BCUT2D eigenvalue weighted by Crippen LogP contribution is -2.08. The number of carbonyl (C=O) groups excluding carboxylic acids is 1. The van der Waals surface area contributed by atoms with Gasteiger partial charge in [0.2, 0.25) is 5.76 Å². The predicted octanol–water partition coefficient (Wildman–Crippen LogP) is 4.65. The van der Waals surface area contributed by atoms with Gasteiger partial charge in [-0.1, -0.05) is 11.6 Å². The van der Waals surface area contributed by atoms with Gasteiger partial charge in [0.1, 0.15) is 12.4 Å². The second-order valence-corrected chi connectivity index (χ2v) is 5.03. The molecule has 0 unspecified atom stereocenters. The van der Waals surface area contributed by atoms with Crippen LogP contribution in [0.3, 0.4) is 0 Å². The van der Waals surface area contributed by atoms with Crippen LogP contribution in [0, 0.1) is 0 Å². The van der Waals surface area contributed by atoms with E-state index in [1.165, 1.54) is 30.3 Å². The van der Waals surface area contributed by atoms with E-state index in [-0.39, 0.29) is 23.7 Å². The first-order valence-corrected chi connectivity index (χ1v) is 6.78. The van der Waals surface area contributed by atoms with Crippen LogP contribution in [-0.2, 0) is 11.3 Å². The van der Waals surface area contributed by atoms with Crippen molar-refractivity contribution in [3.8, 4) is 5.75 Å². The Balaban J connectivity index is 2.08. The fraction of sp³-hybridized carbons (Fsp3) is 0.154. The van der Waals surface area contributed by atoms with Crippen LogP contribution in [-0.4, -0.2) is 12.6 Å². The number of furan rings is 1. The number of hydrogen-bond acceptors (Lipinski definition) is 4. The molecule has 1 aromatic heterocycles. The van der Waals surface area contributed by atoms with E-state index < -0.39 is 12.6 Å². The van der Waals surface area contributed by atoms with Crippen LogP contribution in [0.15, 0.2) is 39.4 Å². The molecule has 0 saturated heterocycles. The van der Waals surface area contributed by atoms with Gasteiger partial charge in [0.15, 0.2) is 4.67 Å². The molecule has 0 N–H and O–H groups in total. The molecule has 0 radical (unpaired) electrons. The van der Waals surface area contributed by atoms with E-state index in [0.29, 0.717) is 9.69 Å². The molecular weight excluding hydrogens is 373 g/mol. The number of halogens is 4. The number of alkyl halides is 2. The summed E-state index contributed by atoms with van der Waals surface area (Å²) in [6.07, 6.45) is 0. The van der Waals surface area contributed by atoms with Crippen LogP contribution in [0.5, 0.6) is 5.75 Å². The molecule has 0 atom stereocenters. The molecule has 2 aromatic rings. The number of esters is 1. The van der Waals surface area contributed by atoms with Crippen LogP contribution in [0.4, 0.5) is 8.78 Å². The summed E-state index contributed by atoms with van der Waals surface area (Å²) in [6.45, 7) is -3.26. The lowest BCUT2D eigenvalue weighted by Gasteiger charge is -2.11. The van der Waals surface area contributed by atoms with Crippen molar-refractivity contribution in [3.05, 3.63) is 51.3 Å². The zero-order valence-electron chi connectivity index (χ0n) is 10.3. The Labute approximate surface area is 131 Å². The maximum atomic E-state index is 12.3. The van der Waals surface area contributed by atoms with Crippen molar-refractivity contribution < 1.29 is 27.5 Å². The molecule has 112 valence electrons. The highest BCUT2D eigenvalue weighted by molar-refractivity contribution is 9.10. The van der Waals surface area contributed by atoms with E-state index in [1.807, 2.05) is 0 Å². The number of hydrogen-bond donors (Lipinski definition) is 0. The molecule has 0 aliphatic carbocycles. The molecule has 21 heavy (non-hydrogen) atoms. The molecule has 0 saturated carbocycles. The number of carbonyl (C=O) groups is 1. The van der Waals surface area contributed by atoms with Gasteiger partial charge >= 0.3 is 12.6 Å². The number of ether oxygens (including phenoxy) is 2. The molecule has 4 nitrogen and oxygen atoms in total. The lowest BCUT2D eigenvalue weighted by atomic mass is 10.2. The molecule has 0 aliphatic heterocycles. The molecule has 0 bridgehead atoms. The highest BCUT2D eigenvalue weighted by atomic mass is 79.9. The van der Waals surface area contributed by atoms with Crippen molar-refractivity contribution in [2.75, 3.05) is 0 Å². The van der Waals surface area contributed by atoms with Crippen molar-refractivity contribution in [2.45, 2.75) is 13.2 Å². The maximum Gasteiger partial charge on any atom is 0.387 e. The maximum absolute atomic E-state index is 12.3. The highest BCUT2D eigenvalue weighted by Gasteiger charge is 2.15. The molecule has 1 aromatic carbocycles. The van der Waals surface area contributed by atoms with Gasteiger partial charge < -0.3 is 13.9 Å². The van der Waals surface area contributed by atoms with Crippen molar-refractivity contribution in [3.63, 3.8) is 0 Å². The Morgan fingerprint density at radius 3 is 2.71 bits per heavy atom. The van der Waals surface area contributed by atoms with Gasteiger partial charge in [-0.05, 0) is 46.3 Å². The molecule has 2 rings (SSSR count). The third-order valence-electron chi connectivity index (χ3n) is 2.37. The molecule has 0 fully saturated rings. The quantitative estimate of drug-likeness (QED) is 0.707. The van der Waals surface area contributed by atoms with E-state index in [0.717, 1.165) is 0 Å². The first-order valence-electron chi connectivity index (χ1n) is 5.61. The van der Waals surface area contributed by atoms with Gasteiger partial charge in [-0.3, -0.25) is 0 Å². The summed E-state index contributed by atoms with van der Waals surface area (Å²) in [7, 11) is 0. The summed E-state index contributed by atoms with van der Waals surface area (Å²) in [5.41, 5.74) is 0.224. The molecule has 0 aliphatic rings. The van der Waals surface area contributed by atoms with Crippen molar-refractivity contribution in [1.29, 1.82) is 0 Å². The van der Waals surface area contributed by atoms with E-state index in [2.05, 4.69) is 20.7 Å². The smallest absolute Gasteiger partial charge is 0.387 e.